The van der Waals surface area contributed by atoms with Crippen molar-refractivity contribution in [1.29, 1.82) is 0 Å². The molecule has 1 aromatic rings. The van der Waals surface area contributed by atoms with E-state index >= 15 is 0 Å². The first-order valence-corrected chi connectivity index (χ1v) is 3.84. The molecule has 0 aromatic carbocycles. The van der Waals surface area contributed by atoms with Gasteiger partial charge in [0, 0.05) is 0 Å². The van der Waals surface area contributed by atoms with E-state index < -0.39 is 0 Å². The quantitative estimate of drug-likeness (QED) is 0.579. The van der Waals surface area contributed by atoms with Crippen LogP contribution in [0, 0.1) is 0 Å². The summed E-state index contributed by atoms with van der Waals surface area (Å²) in [6, 6.07) is 3.82. The van der Waals surface area contributed by atoms with Gasteiger partial charge in [-0.2, -0.15) is 0 Å². The lowest BCUT2D eigenvalue weighted by molar-refractivity contribution is 0.494. The molecular formula is C6H8BrNO. The lowest BCUT2D eigenvalue weighted by atomic mass is 10.4. The van der Waals surface area contributed by atoms with Gasteiger partial charge in [0.05, 0.1) is 18.3 Å². The first-order valence-electron chi connectivity index (χ1n) is 2.72. The summed E-state index contributed by atoms with van der Waals surface area (Å²) in [5, 5.41) is 3.07. The Morgan fingerprint density at radius 3 is 3.11 bits per heavy atom. The second-order valence-corrected chi connectivity index (χ2v) is 2.20. The third kappa shape index (κ3) is 2.20. The van der Waals surface area contributed by atoms with Gasteiger partial charge in [0.1, 0.15) is 5.76 Å². The molecule has 0 radical (unpaired) electrons. The third-order valence-corrected chi connectivity index (χ3v) is 1.37. The first kappa shape index (κ1) is 6.83. The number of halogens is 1. The summed E-state index contributed by atoms with van der Waals surface area (Å²) < 4.78 is 5.05. The van der Waals surface area contributed by atoms with E-state index in [1.54, 1.807) is 6.26 Å². The molecular weight excluding hydrogens is 182 g/mol. The summed E-state index contributed by atoms with van der Waals surface area (Å²) in [5.41, 5.74) is 0.799. The van der Waals surface area contributed by atoms with Crippen LogP contribution < -0.4 is 5.32 Å². The van der Waals surface area contributed by atoms with Crippen LogP contribution in [0.4, 0.5) is 0 Å². The van der Waals surface area contributed by atoms with Crippen molar-refractivity contribution in [2.45, 2.75) is 6.54 Å². The molecule has 0 saturated heterocycles. The van der Waals surface area contributed by atoms with Crippen molar-refractivity contribution in [2.24, 2.45) is 0 Å². The van der Waals surface area contributed by atoms with Crippen LogP contribution in [0.1, 0.15) is 5.76 Å². The summed E-state index contributed by atoms with van der Waals surface area (Å²) in [5.74, 6) is 0.967. The zero-order valence-electron chi connectivity index (χ0n) is 4.93. The highest BCUT2D eigenvalue weighted by Crippen LogP contribution is 1.97. The fourth-order valence-corrected chi connectivity index (χ4v) is 0.782. The lowest BCUT2D eigenvalue weighted by Gasteiger charge is -1.93. The van der Waals surface area contributed by atoms with Gasteiger partial charge in [0.2, 0.25) is 0 Å². The molecule has 0 bridgehead atoms. The highest BCUT2D eigenvalue weighted by molar-refractivity contribution is 9.09. The highest BCUT2D eigenvalue weighted by Gasteiger charge is 1.90. The molecule has 0 aliphatic heterocycles. The molecule has 0 saturated carbocycles. The molecule has 0 amide bonds. The van der Waals surface area contributed by atoms with E-state index in [4.69, 9.17) is 4.42 Å². The molecule has 0 aliphatic rings. The number of hydrogen-bond donors (Lipinski definition) is 1. The SMILES string of the molecule is BrCNCc1ccco1. The monoisotopic (exact) mass is 189 g/mol. The second kappa shape index (κ2) is 3.69. The van der Waals surface area contributed by atoms with E-state index in [2.05, 4.69) is 21.2 Å². The van der Waals surface area contributed by atoms with Crippen LogP contribution in [0.5, 0.6) is 0 Å². The Hall–Kier alpha value is -0.280. The van der Waals surface area contributed by atoms with Gasteiger partial charge in [-0.3, -0.25) is 0 Å². The van der Waals surface area contributed by atoms with Crippen molar-refractivity contribution in [3.63, 3.8) is 0 Å². The van der Waals surface area contributed by atoms with E-state index in [-0.39, 0.29) is 0 Å². The largest absolute Gasteiger partial charge is 0.468 e. The number of alkyl halides is 1. The maximum Gasteiger partial charge on any atom is 0.117 e. The molecule has 0 fully saturated rings. The fraction of sp³-hybridized carbons (Fsp3) is 0.333. The zero-order valence-corrected chi connectivity index (χ0v) is 6.52. The van der Waals surface area contributed by atoms with Crippen LogP contribution in [0.3, 0.4) is 0 Å². The Balaban J connectivity index is 2.30. The predicted octanol–water partition coefficient (Wildman–Crippen LogP) is 1.72. The molecule has 50 valence electrons. The normalized spacial score (nSPS) is 9.89. The maximum atomic E-state index is 5.05. The topological polar surface area (TPSA) is 25.2 Å². The minimum Gasteiger partial charge on any atom is -0.468 e. The Morgan fingerprint density at radius 1 is 1.67 bits per heavy atom. The number of hydrogen-bond acceptors (Lipinski definition) is 2. The van der Waals surface area contributed by atoms with Crippen LogP contribution in [-0.2, 0) is 6.54 Å². The van der Waals surface area contributed by atoms with Crippen LogP contribution in [0.25, 0.3) is 0 Å². The van der Waals surface area contributed by atoms with Gasteiger partial charge in [-0.25, -0.2) is 0 Å². The van der Waals surface area contributed by atoms with Crippen LogP contribution in [-0.4, -0.2) is 5.45 Å². The molecule has 1 N–H and O–H groups in total. The van der Waals surface area contributed by atoms with Crippen LogP contribution >= 0.6 is 15.9 Å². The van der Waals surface area contributed by atoms with E-state index in [1.165, 1.54) is 0 Å². The van der Waals surface area contributed by atoms with Gasteiger partial charge in [-0.1, -0.05) is 15.9 Å². The molecule has 3 heteroatoms. The van der Waals surface area contributed by atoms with Crippen molar-refractivity contribution in [1.82, 2.24) is 5.32 Å². The molecule has 1 rings (SSSR count). The van der Waals surface area contributed by atoms with Crippen LogP contribution in [0.2, 0.25) is 0 Å². The molecule has 9 heavy (non-hydrogen) atoms. The molecule has 0 unspecified atom stereocenters. The van der Waals surface area contributed by atoms with Gasteiger partial charge in [-0.15, -0.1) is 0 Å². The van der Waals surface area contributed by atoms with E-state index in [0.717, 1.165) is 17.8 Å². The lowest BCUT2D eigenvalue weighted by Crippen LogP contribution is -2.08. The van der Waals surface area contributed by atoms with Crippen molar-refractivity contribution in [3.05, 3.63) is 24.2 Å². The minimum absolute atomic E-state index is 0.790. The summed E-state index contributed by atoms with van der Waals surface area (Å²) >= 11 is 3.24. The smallest absolute Gasteiger partial charge is 0.117 e. The number of rotatable bonds is 3. The highest BCUT2D eigenvalue weighted by atomic mass is 79.9. The standard InChI is InChI=1S/C6H8BrNO/c7-5-8-4-6-2-1-3-9-6/h1-3,8H,4-5H2. The first-order chi connectivity index (χ1) is 4.43. The molecule has 0 spiro atoms. The zero-order chi connectivity index (χ0) is 6.53. The average molecular weight is 190 g/mol. The maximum absolute atomic E-state index is 5.05. The Morgan fingerprint density at radius 2 is 2.56 bits per heavy atom. The van der Waals surface area contributed by atoms with E-state index in [9.17, 15) is 0 Å². The fourth-order valence-electron chi connectivity index (χ4n) is 0.584. The number of nitrogens with one attached hydrogen (secondary N) is 1. The second-order valence-electron chi connectivity index (χ2n) is 1.64. The van der Waals surface area contributed by atoms with Crippen molar-refractivity contribution >= 4 is 15.9 Å². The molecule has 1 aromatic heterocycles. The van der Waals surface area contributed by atoms with Crippen molar-refractivity contribution in [2.75, 3.05) is 5.45 Å². The van der Waals surface area contributed by atoms with Gasteiger partial charge in [0.15, 0.2) is 0 Å². The van der Waals surface area contributed by atoms with Gasteiger partial charge in [0.25, 0.3) is 0 Å². The molecule has 1 heterocycles. The van der Waals surface area contributed by atoms with E-state index in [1.807, 2.05) is 12.1 Å². The average Bonchev–Trinajstić information content (AvgIpc) is 2.34. The number of furan rings is 1. The predicted molar refractivity (Wildman–Crippen MR) is 39.3 cm³/mol. The summed E-state index contributed by atoms with van der Waals surface area (Å²) in [4.78, 5) is 0. The Bertz CT molecular complexity index is 150. The van der Waals surface area contributed by atoms with Crippen molar-refractivity contribution < 1.29 is 4.42 Å². The van der Waals surface area contributed by atoms with E-state index in [0.29, 0.717) is 0 Å². The molecule has 0 aliphatic carbocycles. The van der Waals surface area contributed by atoms with Gasteiger partial charge >= 0.3 is 0 Å². The summed E-state index contributed by atoms with van der Waals surface area (Å²) in [7, 11) is 0. The summed E-state index contributed by atoms with van der Waals surface area (Å²) in [6.45, 7) is 0.790. The Kier molecular flexibility index (Phi) is 2.80. The minimum atomic E-state index is 0.790. The van der Waals surface area contributed by atoms with Gasteiger partial charge < -0.3 is 9.73 Å². The Labute approximate surface area is 62.4 Å². The van der Waals surface area contributed by atoms with Crippen molar-refractivity contribution in [3.8, 4) is 0 Å². The third-order valence-electron chi connectivity index (χ3n) is 0.974. The van der Waals surface area contributed by atoms with Gasteiger partial charge in [-0.05, 0) is 12.1 Å². The molecule has 2 nitrogen and oxygen atoms in total. The summed E-state index contributed by atoms with van der Waals surface area (Å²) in [6.07, 6.45) is 1.67. The van der Waals surface area contributed by atoms with Crippen LogP contribution in [0.15, 0.2) is 22.8 Å². The molecule has 0 atom stereocenters.